The monoisotopic (exact) mass is 232 g/mol. The maximum atomic E-state index is 11.7. The SMILES string of the molecule is O=C(CCc1ccccc1)OCC(F)(F)F. The van der Waals surface area contributed by atoms with E-state index in [4.69, 9.17) is 0 Å². The van der Waals surface area contributed by atoms with Crippen molar-refractivity contribution in [3.63, 3.8) is 0 Å². The molecule has 0 bridgehead atoms. The van der Waals surface area contributed by atoms with Gasteiger partial charge in [0.15, 0.2) is 6.61 Å². The molecule has 0 fully saturated rings. The molecule has 5 heteroatoms. The average Bonchev–Trinajstić information content (AvgIpc) is 2.24. The van der Waals surface area contributed by atoms with E-state index in [9.17, 15) is 18.0 Å². The highest BCUT2D eigenvalue weighted by molar-refractivity contribution is 5.69. The van der Waals surface area contributed by atoms with Crippen LogP contribution in [0.5, 0.6) is 0 Å². The first-order valence-electron chi connectivity index (χ1n) is 4.74. The van der Waals surface area contributed by atoms with E-state index in [1.54, 1.807) is 24.3 Å². The van der Waals surface area contributed by atoms with Gasteiger partial charge < -0.3 is 4.74 Å². The topological polar surface area (TPSA) is 26.3 Å². The summed E-state index contributed by atoms with van der Waals surface area (Å²) in [5, 5.41) is 0. The number of halogens is 3. The number of aryl methyl sites for hydroxylation is 1. The molecule has 0 aliphatic heterocycles. The number of hydrogen-bond donors (Lipinski definition) is 0. The molecule has 0 N–H and O–H groups in total. The van der Waals surface area contributed by atoms with Gasteiger partial charge in [0.05, 0.1) is 0 Å². The van der Waals surface area contributed by atoms with Crippen LogP contribution in [0, 0.1) is 0 Å². The molecule has 0 aliphatic rings. The number of esters is 1. The van der Waals surface area contributed by atoms with Crippen LogP contribution in [0.4, 0.5) is 13.2 Å². The molecule has 16 heavy (non-hydrogen) atoms. The van der Waals surface area contributed by atoms with E-state index in [1.807, 2.05) is 6.07 Å². The molecular formula is C11H11F3O2. The van der Waals surface area contributed by atoms with Crippen LogP contribution in [0.2, 0.25) is 0 Å². The molecule has 0 saturated heterocycles. The minimum Gasteiger partial charge on any atom is -0.456 e. The number of hydrogen-bond acceptors (Lipinski definition) is 2. The lowest BCUT2D eigenvalue weighted by atomic mass is 10.1. The quantitative estimate of drug-likeness (QED) is 0.746. The number of alkyl halides is 3. The first kappa shape index (κ1) is 12.5. The number of carbonyl (C=O) groups excluding carboxylic acids is 1. The van der Waals surface area contributed by atoms with E-state index in [0.29, 0.717) is 6.42 Å². The Balaban J connectivity index is 2.26. The van der Waals surface area contributed by atoms with E-state index in [-0.39, 0.29) is 6.42 Å². The van der Waals surface area contributed by atoms with E-state index in [2.05, 4.69) is 4.74 Å². The van der Waals surface area contributed by atoms with Gasteiger partial charge in [-0.2, -0.15) is 13.2 Å². The summed E-state index contributed by atoms with van der Waals surface area (Å²) in [6.07, 6.45) is -4.11. The van der Waals surface area contributed by atoms with Gasteiger partial charge in [0, 0.05) is 6.42 Å². The third-order valence-electron chi connectivity index (χ3n) is 1.86. The molecule has 1 aromatic rings. The van der Waals surface area contributed by atoms with Crippen LogP contribution in [-0.4, -0.2) is 18.8 Å². The number of benzene rings is 1. The minimum atomic E-state index is -4.46. The van der Waals surface area contributed by atoms with Gasteiger partial charge in [-0.25, -0.2) is 0 Å². The predicted octanol–water partition coefficient (Wildman–Crippen LogP) is 2.72. The van der Waals surface area contributed by atoms with Crippen molar-refractivity contribution in [2.45, 2.75) is 19.0 Å². The van der Waals surface area contributed by atoms with Crippen LogP contribution in [0.25, 0.3) is 0 Å². The lowest BCUT2D eigenvalue weighted by molar-refractivity contribution is -0.186. The van der Waals surface area contributed by atoms with E-state index < -0.39 is 18.8 Å². The molecule has 88 valence electrons. The zero-order valence-corrected chi connectivity index (χ0v) is 8.46. The Morgan fingerprint density at radius 3 is 2.38 bits per heavy atom. The first-order chi connectivity index (χ1) is 7.47. The Labute approximate surface area is 91.0 Å². The highest BCUT2D eigenvalue weighted by Gasteiger charge is 2.29. The average molecular weight is 232 g/mol. The number of rotatable bonds is 4. The molecule has 1 rings (SSSR count). The Morgan fingerprint density at radius 2 is 1.81 bits per heavy atom. The van der Waals surface area contributed by atoms with Gasteiger partial charge in [0.25, 0.3) is 0 Å². The lowest BCUT2D eigenvalue weighted by Gasteiger charge is -2.07. The highest BCUT2D eigenvalue weighted by Crippen LogP contribution is 2.15. The summed E-state index contributed by atoms with van der Waals surface area (Å²) in [5.41, 5.74) is 0.895. The van der Waals surface area contributed by atoms with Gasteiger partial charge in [-0.1, -0.05) is 30.3 Å². The van der Waals surface area contributed by atoms with E-state index in [0.717, 1.165) is 5.56 Å². The van der Waals surface area contributed by atoms with Crippen LogP contribution >= 0.6 is 0 Å². The maximum absolute atomic E-state index is 11.7. The van der Waals surface area contributed by atoms with Gasteiger partial charge >= 0.3 is 12.1 Å². The van der Waals surface area contributed by atoms with Gasteiger partial charge in [0.1, 0.15) is 0 Å². The highest BCUT2D eigenvalue weighted by atomic mass is 19.4. The molecule has 0 unspecified atom stereocenters. The fraction of sp³-hybridized carbons (Fsp3) is 0.364. The molecular weight excluding hydrogens is 221 g/mol. The summed E-state index contributed by atoms with van der Waals surface area (Å²) < 4.78 is 39.2. The van der Waals surface area contributed by atoms with Crippen LogP contribution < -0.4 is 0 Å². The van der Waals surface area contributed by atoms with Crippen molar-refractivity contribution in [2.24, 2.45) is 0 Å². The first-order valence-corrected chi connectivity index (χ1v) is 4.74. The smallest absolute Gasteiger partial charge is 0.422 e. The molecule has 0 aromatic heterocycles. The summed E-state index contributed by atoms with van der Waals surface area (Å²) in [6.45, 7) is -1.51. The predicted molar refractivity (Wildman–Crippen MR) is 51.8 cm³/mol. The van der Waals surface area contributed by atoms with Crippen molar-refractivity contribution in [1.82, 2.24) is 0 Å². The van der Waals surface area contributed by atoms with Crippen LogP contribution in [0.3, 0.4) is 0 Å². The molecule has 0 amide bonds. The van der Waals surface area contributed by atoms with Gasteiger partial charge in [-0.3, -0.25) is 4.79 Å². The molecule has 2 nitrogen and oxygen atoms in total. The second kappa shape index (κ2) is 5.53. The minimum absolute atomic E-state index is 0.0416. The van der Waals surface area contributed by atoms with Crippen LogP contribution in [0.1, 0.15) is 12.0 Å². The zero-order valence-electron chi connectivity index (χ0n) is 8.46. The molecule has 0 atom stereocenters. The van der Waals surface area contributed by atoms with Gasteiger partial charge in [-0.05, 0) is 12.0 Å². The molecule has 0 saturated carbocycles. The van der Waals surface area contributed by atoms with Crippen molar-refractivity contribution >= 4 is 5.97 Å². The summed E-state index contributed by atoms with van der Waals surface area (Å²) in [7, 11) is 0. The third kappa shape index (κ3) is 5.38. The normalized spacial score (nSPS) is 11.2. The maximum Gasteiger partial charge on any atom is 0.422 e. The summed E-state index contributed by atoms with van der Waals surface area (Å²) >= 11 is 0. The second-order valence-electron chi connectivity index (χ2n) is 3.26. The Kier molecular flexibility index (Phi) is 4.34. The molecule has 0 spiro atoms. The summed E-state index contributed by atoms with van der Waals surface area (Å²) in [5.74, 6) is -0.832. The standard InChI is InChI=1S/C11H11F3O2/c12-11(13,14)8-16-10(15)7-6-9-4-2-1-3-5-9/h1-5H,6-8H2. The van der Waals surface area contributed by atoms with Crippen molar-refractivity contribution in [3.05, 3.63) is 35.9 Å². The fourth-order valence-corrected chi connectivity index (χ4v) is 1.13. The van der Waals surface area contributed by atoms with Crippen molar-refractivity contribution in [3.8, 4) is 0 Å². The molecule has 1 aromatic carbocycles. The Morgan fingerprint density at radius 1 is 1.19 bits per heavy atom. The molecule has 0 aliphatic carbocycles. The summed E-state index contributed by atoms with van der Waals surface area (Å²) in [6, 6.07) is 9.03. The van der Waals surface area contributed by atoms with Gasteiger partial charge in [-0.15, -0.1) is 0 Å². The molecule has 0 heterocycles. The van der Waals surface area contributed by atoms with Crippen molar-refractivity contribution in [1.29, 1.82) is 0 Å². The van der Waals surface area contributed by atoms with E-state index >= 15 is 0 Å². The van der Waals surface area contributed by atoms with Gasteiger partial charge in [0.2, 0.25) is 0 Å². The molecule has 0 radical (unpaired) electrons. The Bertz CT molecular complexity index is 333. The zero-order chi connectivity index (χ0) is 12.0. The summed E-state index contributed by atoms with van der Waals surface area (Å²) in [4.78, 5) is 10.9. The van der Waals surface area contributed by atoms with Crippen LogP contribution in [0.15, 0.2) is 30.3 Å². The number of ether oxygens (including phenoxy) is 1. The number of carbonyl (C=O) groups is 1. The Hall–Kier alpha value is -1.52. The van der Waals surface area contributed by atoms with Crippen LogP contribution in [-0.2, 0) is 16.0 Å². The fourth-order valence-electron chi connectivity index (χ4n) is 1.13. The third-order valence-corrected chi connectivity index (χ3v) is 1.86. The van der Waals surface area contributed by atoms with E-state index in [1.165, 1.54) is 0 Å². The van der Waals surface area contributed by atoms with Crippen molar-refractivity contribution in [2.75, 3.05) is 6.61 Å². The lowest BCUT2D eigenvalue weighted by Crippen LogP contribution is -2.20. The second-order valence-corrected chi connectivity index (χ2v) is 3.26. The van der Waals surface area contributed by atoms with Crippen molar-refractivity contribution < 1.29 is 22.7 Å². The largest absolute Gasteiger partial charge is 0.456 e.